The number of nitrogens with zero attached hydrogens (tertiary/aromatic N) is 2. The summed E-state index contributed by atoms with van der Waals surface area (Å²) in [6, 6.07) is 14.6. The van der Waals surface area contributed by atoms with E-state index in [4.69, 9.17) is 5.11 Å². The van der Waals surface area contributed by atoms with Crippen molar-refractivity contribution in [2.24, 2.45) is 0 Å². The zero-order valence-electron chi connectivity index (χ0n) is 15.2. The quantitative estimate of drug-likeness (QED) is 0.867. The Bertz CT molecular complexity index is 782. The molecule has 1 fully saturated rings. The maximum atomic E-state index is 12.6. The van der Waals surface area contributed by atoms with Crippen LogP contribution in [-0.4, -0.2) is 59.0 Å². The first-order chi connectivity index (χ1) is 12.6. The van der Waals surface area contributed by atoms with Gasteiger partial charge in [-0.1, -0.05) is 49.4 Å². The molecule has 0 aliphatic carbocycles. The molecule has 5 nitrogen and oxygen atoms in total. The van der Waals surface area contributed by atoms with Crippen LogP contribution in [0.25, 0.3) is 10.8 Å². The lowest BCUT2D eigenvalue weighted by atomic mass is 10.0. The lowest BCUT2D eigenvalue weighted by molar-refractivity contribution is -0.140. The van der Waals surface area contributed by atoms with Gasteiger partial charge < -0.3 is 10.0 Å². The first-order valence-corrected chi connectivity index (χ1v) is 9.28. The number of fused-ring (bicyclic) bond motifs is 1. The highest BCUT2D eigenvalue weighted by Crippen LogP contribution is 2.19. The Hall–Kier alpha value is -2.40. The third-order valence-corrected chi connectivity index (χ3v) is 5.25. The van der Waals surface area contributed by atoms with Crippen LogP contribution in [0.15, 0.2) is 42.5 Å². The summed E-state index contributed by atoms with van der Waals surface area (Å²) in [5.74, 6) is -0.637. The Morgan fingerprint density at radius 2 is 1.81 bits per heavy atom. The molecule has 0 spiro atoms. The standard InChI is InChI=1S/C21H26N2O3/c1-2-22(15-21(25)26)19-9-11-23(12-10-19)20(24)14-16-7-8-17-5-3-4-6-18(17)13-16/h3-8,13,19H,2,9-12,14-15H2,1H3,(H,25,26). The molecule has 1 amide bonds. The molecule has 0 unspecified atom stereocenters. The van der Waals surface area contributed by atoms with Crippen LogP contribution in [0.1, 0.15) is 25.3 Å². The normalized spacial score (nSPS) is 15.5. The number of carboxylic acid groups (broad SMARTS) is 1. The summed E-state index contributed by atoms with van der Waals surface area (Å²) >= 11 is 0. The van der Waals surface area contributed by atoms with Gasteiger partial charge in [0.05, 0.1) is 13.0 Å². The number of carbonyl (C=O) groups excluding carboxylic acids is 1. The smallest absolute Gasteiger partial charge is 0.317 e. The van der Waals surface area contributed by atoms with Crippen molar-refractivity contribution in [2.75, 3.05) is 26.2 Å². The van der Waals surface area contributed by atoms with Crippen LogP contribution in [0, 0.1) is 0 Å². The summed E-state index contributed by atoms with van der Waals surface area (Å²) in [4.78, 5) is 27.5. The van der Waals surface area contributed by atoms with E-state index >= 15 is 0 Å². The molecule has 0 radical (unpaired) electrons. The van der Waals surface area contributed by atoms with Crippen molar-refractivity contribution >= 4 is 22.6 Å². The third kappa shape index (κ3) is 4.41. The fraction of sp³-hybridized carbons (Fsp3) is 0.429. The molecular weight excluding hydrogens is 328 g/mol. The van der Waals surface area contributed by atoms with Crippen LogP contribution in [0.4, 0.5) is 0 Å². The van der Waals surface area contributed by atoms with E-state index in [0.29, 0.717) is 19.5 Å². The Morgan fingerprint density at radius 3 is 2.46 bits per heavy atom. The number of benzene rings is 2. The lowest BCUT2D eigenvalue weighted by Gasteiger charge is -2.37. The summed E-state index contributed by atoms with van der Waals surface area (Å²) in [7, 11) is 0. The fourth-order valence-electron chi connectivity index (χ4n) is 3.79. The van der Waals surface area contributed by atoms with Gasteiger partial charge in [-0.05, 0) is 35.7 Å². The number of hydrogen-bond donors (Lipinski definition) is 1. The Balaban J connectivity index is 1.56. The molecule has 1 aliphatic rings. The summed E-state index contributed by atoms with van der Waals surface area (Å²) in [6.07, 6.45) is 2.09. The van der Waals surface area contributed by atoms with Crippen LogP contribution in [0.3, 0.4) is 0 Å². The topological polar surface area (TPSA) is 60.9 Å². The number of piperidine rings is 1. The van der Waals surface area contributed by atoms with Gasteiger partial charge >= 0.3 is 5.97 Å². The van der Waals surface area contributed by atoms with E-state index in [-0.39, 0.29) is 18.5 Å². The van der Waals surface area contributed by atoms with Gasteiger partial charge in [0.2, 0.25) is 5.91 Å². The van der Waals surface area contributed by atoms with Gasteiger partial charge in [0.25, 0.3) is 0 Å². The Morgan fingerprint density at radius 1 is 1.12 bits per heavy atom. The summed E-state index contributed by atoms with van der Waals surface area (Å²) in [6.45, 7) is 4.19. The van der Waals surface area contributed by atoms with Gasteiger partial charge in [-0.2, -0.15) is 0 Å². The molecule has 1 heterocycles. The zero-order valence-corrected chi connectivity index (χ0v) is 15.2. The molecule has 3 rings (SSSR count). The molecule has 2 aromatic carbocycles. The highest BCUT2D eigenvalue weighted by molar-refractivity contribution is 5.85. The van der Waals surface area contributed by atoms with Crippen LogP contribution in [0.2, 0.25) is 0 Å². The minimum absolute atomic E-state index is 0.0756. The van der Waals surface area contributed by atoms with Crippen LogP contribution in [-0.2, 0) is 16.0 Å². The molecular formula is C21H26N2O3. The van der Waals surface area contributed by atoms with E-state index in [9.17, 15) is 9.59 Å². The highest BCUT2D eigenvalue weighted by atomic mass is 16.4. The SMILES string of the molecule is CCN(CC(=O)O)C1CCN(C(=O)Cc2ccc3ccccc3c2)CC1. The number of rotatable bonds is 6. The van der Waals surface area contributed by atoms with Crippen molar-refractivity contribution in [2.45, 2.75) is 32.2 Å². The second-order valence-corrected chi connectivity index (χ2v) is 6.93. The number of likely N-dealkylation sites (tertiary alicyclic amines) is 1. The molecule has 1 saturated heterocycles. The molecule has 2 aromatic rings. The average molecular weight is 354 g/mol. The second kappa shape index (κ2) is 8.32. The largest absolute Gasteiger partial charge is 0.480 e. The summed E-state index contributed by atoms with van der Waals surface area (Å²) < 4.78 is 0. The maximum Gasteiger partial charge on any atom is 0.317 e. The molecule has 5 heteroatoms. The molecule has 0 aromatic heterocycles. The van der Waals surface area contributed by atoms with Crippen molar-refractivity contribution in [3.8, 4) is 0 Å². The summed E-state index contributed by atoms with van der Waals surface area (Å²) in [5, 5.41) is 11.4. The third-order valence-electron chi connectivity index (χ3n) is 5.25. The molecule has 0 bridgehead atoms. The maximum absolute atomic E-state index is 12.6. The van der Waals surface area contributed by atoms with Crippen LogP contribution < -0.4 is 0 Å². The van der Waals surface area contributed by atoms with Crippen LogP contribution in [0.5, 0.6) is 0 Å². The Kier molecular flexibility index (Phi) is 5.89. The second-order valence-electron chi connectivity index (χ2n) is 6.93. The molecule has 0 atom stereocenters. The number of amides is 1. The fourth-order valence-corrected chi connectivity index (χ4v) is 3.79. The zero-order chi connectivity index (χ0) is 18.5. The van der Waals surface area contributed by atoms with Gasteiger partial charge in [0, 0.05) is 19.1 Å². The van der Waals surface area contributed by atoms with Gasteiger partial charge in [-0.3, -0.25) is 14.5 Å². The number of carbonyl (C=O) groups is 2. The lowest BCUT2D eigenvalue weighted by Crippen LogP contribution is -2.48. The highest BCUT2D eigenvalue weighted by Gasteiger charge is 2.27. The van der Waals surface area contributed by atoms with Crippen molar-refractivity contribution in [3.05, 3.63) is 48.0 Å². The van der Waals surface area contributed by atoms with Gasteiger partial charge in [0.1, 0.15) is 0 Å². The van der Waals surface area contributed by atoms with E-state index in [1.807, 2.05) is 34.9 Å². The predicted octanol–water partition coefficient (Wildman–Crippen LogP) is 2.78. The number of likely N-dealkylation sites (N-methyl/N-ethyl adjacent to an activating group) is 1. The molecule has 0 saturated carbocycles. The monoisotopic (exact) mass is 354 g/mol. The van der Waals surface area contributed by atoms with E-state index in [1.165, 1.54) is 5.39 Å². The Labute approximate surface area is 154 Å². The minimum Gasteiger partial charge on any atom is -0.480 e. The minimum atomic E-state index is -0.790. The molecule has 138 valence electrons. The average Bonchev–Trinajstić information content (AvgIpc) is 2.66. The van der Waals surface area contributed by atoms with Crippen molar-refractivity contribution in [3.63, 3.8) is 0 Å². The van der Waals surface area contributed by atoms with E-state index < -0.39 is 5.97 Å². The molecule has 26 heavy (non-hydrogen) atoms. The van der Waals surface area contributed by atoms with Crippen LogP contribution >= 0.6 is 0 Å². The van der Waals surface area contributed by atoms with E-state index in [0.717, 1.165) is 30.3 Å². The molecule has 1 aliphatic heterocycles. The van der Waals surface area contributed by atoms with E-state index in [2.05, 4.69) is 24.3 Å². The molecule has 1 N–H and O–H groups in total. The van der Waals surface area contributed by atoms with Crippen molar-refractivity contribution < 1.29 is 14.7 Å². The van der Waals surface area contributed by atoms with Gasteiger partial charge in [-0.25, -0.2) is 0 Å². The first-order valence-electron chi connectivity index (χ1n) is 9.28. The number of carboxylic acids is 1. The van der Waals surface area contributed by atoms with Gasteiger partial charge in [0.15, 0.2) is 0 Å². The number of hydrogen-bond acceptors (Lipinski definition) is 3. The van der Waals surface area contributed by atoms with Crippen molar-refractivity contribution in [1.82, 2.24) is 9.80 Å². The first kappa shape index (κ1) is 18.4. The van der Waals surface area contributed by atoms with Crippen molar-refractivity contribution in [1.29, 1.82) is 0 Å². The van der Waals surface area contributed by atoms with Gasteiger partial charge in [-0.15, -0.1) is 0 Å². The number of aliphatic carboxylic acids is 1. The van der Waals surface area contributed by atoms with E-state index in [1.54, 1.807) is 0 Å². The predicted molar refractivity (Wildman–Crippen MR) is 102 cm³/mol. The summed E-state index contributed by atoms with van der Waals surface area (Å²) in [5.41, 5.74) is 1.04.